The average molecular weight is 408 g/mol. The Balaban J connectivity index is 2.25. The molecule has 0 unspecified atom stereocenters. The molecule has 0 amide bonds. The van der Waals surface area contributed by atoms with Crippen molar-refractivity contribution in [2.45, 2.75) is 0 Å². The normalized spacial score (nSPS) is 12.2. The zero-order chi connectivity index (χ0) is 17.5. The van der Waals surface area contributed by atoms with Crippen LogP contribution in [0, 0.1) is 0 Å². The SMILES string of the molecule is O=c1c(Cl)c(Cl)c2c(Cl)c(Cl)cc3nc4c5ccccc5cn4c1c32. The van der Waals surface area contributed by atoms with E-state index >= 15 is 0 Å². The molecule has 0 spiro atoms. The van der Waals surface area contributed by atoms with Gasteiger partial charge in [0.15, 0.2) is 0 Å². The molecule has 0 saturated carbocycles. The van der Waals surface area contributed by atoms with E-state index in [1.807, 2.05) is 30.5 Å². The Morgan fingerprint density at radius 3 is 2.48 bits per heavy atom. The van der Waals surface area contributed by atoms with Crippen LogP contribution in [0.1, 0.15) is 0 Å². The van der Waals surface area contributed by atoms with Crippen molar-refractivity contribution in [3.8, 4) is 0 Å². The van der Waals surface area contributed by atoms with Crippen molar-refractivity contribution in [2.75, 3.05) is 0 Å². The lowest BCUT2D eigenvalue weighted by molar-refractivity contribution is 1.22. The van der Waals surface area contributed by atoms with E-state index in [9.17, 15) is 4.79 Å². The highest BCUT2D eigenvalue weighted by atomic mass is 35.5. The van der Waals surface area contributed by atoms with Gasteiger partial charge in [0.05, 0.1) is 20.6 Å². The zero-order valence-electron chi connectivity index (χ0n) is 12.3. The van der Waals surface area contributed by atoms with Crippen LogP contribution in [0.3, 0.4) is 0 Å². The second-order valence-electron chi connectivity index (χ2n) is 5.77. The second-order valence-corrected chi connectivity index (χ2v) is 7.31. The maximum Gasteiger partial charge on any atom is 0.223 e. The molecule has 0 fully saturated rings. The van der Waals surface area contributed by atoms with Gasteiger partial charge in [-0.3, -0.25) is 9.20 Å². The van der Waals surface area contributed by atoms with Crippen LogP contribution in [0.5, 0.6) is 0 Å². The van der Waals surface area contributed by atoms with Crippen molar-refractivity contribution in [1.82, 2.24) is 9.38 Å². The highest BCUT2D eigenvalue weighted by Crippen LogP contribution is 2.42. The molecule has 0 atom stereocenters. The molecule has 0 N–H and O–H groups in total. The van der Waals surface area contributed by atoms with Gasteiger partial charge < -0.3 is 0 Å². The third-order valence-electron chi connectivity index (χ3n) is 4.43. The summed E-state index contributed by atoms with van der Waals surface area (Å²) >= 11 is 25.1. The van der Waals surface area contributed by atoms with E-state index in [0.717, 1.165) is 10.8 Å². The van der Waals surface area contributed by atoms with E-state index in [0.29, 0.717) is 32.5 Å². The van der Waals surface area contributed by atoms with Crippen LogP contribution in [-0.2, 0) is 0 Å². The first kappa shape index (κ1) is 15.5. The Morgan fingerprint density at radius 1 is 0.920 bits per heavy atom. The Labute approximate surface area is 160 Å². The third-order valence-corrected chi connectivity index (χ3v) is 6.05. The fourth-order valence-corrected chi connectivity index (χ4v) is 4.29. The summed E-state index contributed by atoms with van der Waals surface area (Å²) in [6.07, 6.45) is 1.86. The predicted molar refractivity (Wildman–Crippen MR) is 105 cm³/mol. The van der Waals surface area contributed by atoms with E-state index < -0.39 is 0 Å². The first-order valence-electron chi connectivity index (χ1n) is 7.31. The van der Waals surface area contributed by atoms with Crippen LogP contribution < -0.4 is 5.43 Å². The topological polar surface area (TPSA) is 34.4 Å². The fourth-order valence-electron chi connectivity index (χ4n) is 3.35. The van der Waals surface area contributed by atoms with Gasteiger partial charge in [-0.1, -0.05) is 70.7 Å². The van der Waals surface area contributed by atoms with E-state index in [1.54, 1.807) is 10.5 Å². The summed E-state index contributed by atoms with van der Waals surface area (Å²) in [5, 5.41) is 3.46. The first-order valence-corrected chi connectivity index (χ1v) is 8.82. The molecule has 0 aliphatic rings. The minimum absolute atomic E-state index is 0.0788. The van der Waals surface area contributed by atoms with Crippen LogP contribution in [0.15, 0.2) is 41.3 Å². The molecular weight excluding hydrogens is 402 g/mol. The third kappa shape index (κ3) is 1.90. The Hall–Kier alpha value is -1.78. The summed E-state index contributed by atoms with van der Waals surface area (Å²) in [6.45, 7) is 0. The molecule has 5 aromatic rings. The van der Waals surface area contributed by atoms with Gasteiger partial charge in [-0.15, -0.1) is 0 Å². The summed E-state index contributed by atoms with van der Waals surface area (Å²) in [5.41, 5.74) is 1.22. The fraction of sp³-hybridized carbons (Fsp3) is 0. The predicted octanol–water partition coefficient (Wildman–Crippen LogP) is 6.21. The van der Waals surface area contributed by atoms with Crippen molar-refractivity contribution in [3.05, 3.63) is 66.8 Å². The average Bonchev–Trinajstić information content (AvgIpc) is 2.97. The molecule has 0 bridgehead atoms. The lowest BCUT2D eigenvalue weighted by atomic mass is 10.1. The molecule has 0 saturated heterocycles. The molecule has 3 aromatic carbocycles. The van der Waals surface area contributed by atoms with Crippen molar-refractivity contribution in [3.63, 3.8) is 0 Å². The lowest BCUT2D eigenvalue weighted by Crippen LogP contribution is -2.09. The van der Waals surface area contributed by atoms with E-state index in [1.165, 1.54) is 0 Å². The van der Waals surface area contributed by atoms with Crippen LogP contribution in [0.4, 0.5) is 0 Å². The number of rotatable bonds is 0. The molecule has 0 radical (unpaired) electrons. The minimum Gasteiger partial charge on any atom is -0.296 e. The van der Waals surface area contributed by atoms with Gasteiger partial charge in [0.2, 0.25) is 5.43 Å². The van der Waals surface area contributed by atoms with E-state index in [2.05, 4.69) is 0 Å². The van der Waals surface area contributed by atoms with Crippen LogP contribution in [0.25, 0.3) is 38.2 Å². The summed E-state index contributed by atoms with van der Waals surface area (Å²) in [6, 6.07) is 9.40. The monoisotopic (exact) mass is 406 g/mol. The van der Waals surface area contributed by atoms with Gasteiger partial charge in [-0.05, 0) is 6.07 Å². The van der Waals surface area contributed by atoms with Crippen molar-refractivity contribution < 1.29 is 0 Å². The van der Waals surface area contributed by atoms with Crippen molar-refractivity contribution >= 4 is 84.6 Å². The number of benzene rings is 3. The van der Waals surface area contributed by atoms with Crippen LogP contribution in [-0.4, -0.2) is 9.38 Å². The molecular formula is C18H6Cl4N2O. The molecule has 122 valence electrons. The van der Waals surface area contributed by atoms with Gasteiger partial charge >= 0.3 is 0 Å². The second kappa shape index (κ2) is 5.12. The summed E-state index contributed by atoms with van der Waals surface area (Å²) in [7, 11) is 0. The van der Waals surface area contributed by atoms with Crippen molar-refractivity contribution in [2.24, 2.45) is 0 Å². The Morgan fingerprint density at radius 2 is 1.68 bits per heavy atom. The molecule has 2 aromatic heterocycles. The van der Waals surface area contributed by atoms with Gasteiger partial charge in [0.1, 0.15) is 16.2 Å². The van der Waals surface area contributed by atoms with Crippen molar-refractivity contribution in [1.29, 1.82) is 0 Å². The van der Waals surface area contributed by atoms with Crippen LogP contribution in [0.2, 0.25) is 20.1 Å². The summed E-state index contributed by atoms with van der Waals surface area (Å²) in [5.74, 6) is 0. The lowest BCUT2D eigenvalue weighted by Gasteiger charge is -2.12. The van der Waals surface area contributed by atoms with Gasteiger partial charge in [-0.25, -0.2) is 4.98 Å². The largest absolute Gasteiger partial charge is 0.296 e. The van der Waals surface area contributed by atoms with E-state index in [-0.39, 0.29) is 20.5 Å². The molecule has 7 heteroatoms. The molecule has 5 rings (SSSR count). The Bertz CT molecular complexity index is 1410. The maximum atomic E-state index is 12.9. The number of nitrogens with zero attached hydrogens (tertiary/aromatic N) is 2. The quantitative estimate of drug-likeness (QED) is 0.306. The highest BCUT2D eigenvalue weighted by Gasteiger charge is 2.22. The van der Waals surface area contributed by atoms with Gasteiger partial charge in [0.25, 0.3) is 0 Å². The molecule has 0 aliphatic carbocycles. The highest BCUT2D eigenvalue weighted by molar-refractivity contribution is 6.52. The van der Waals surface area contributed by atoms with E-state index in [4.69, 9.17) is 51.4 Å². The smallest absolute Gasteiger partial charge is 0.223 e. The molecule has 3 nitrogen and oxygen atoms in total. The minimum atomic E-state index is -0.365. The summed E-state index contributed by atoms with van der Waals surface area (Å²) in [4.78, 5) is 17.6. The van der Waals surface area contributed by atoms with Gasteiger partial charge in [0, 0.05) is 27.7 Å². The molecule has 0 aliphatic heterocycles. The zero-order valence-corrected chi connectivity index (χ0v) is 15.3. The first-order chi connectivity index (χ1) is 12.0. The van der Waals surface area contributed by atoms with Crippen LogP contribution >= 0.6 is 46.4 Å². The Kier molecular flexibility index (Phi) is 3.17. The number of fused-ring (bicyclic) bond motifs is 4. The summed E-state index contributed by atoms with van der Waals surface area (Å²) < 4.78 is 1.74. The number of hydrogen-bond donors (Lipinski definition) is 0. The van der Waals surface area contributed by atoms with Gasteiger partial charge in [-0.2, -0.15) is 0 Å². The number of aromatic nitrogens is 2. The molecule has 25 heavy (non-hydrogen) atoms. The number of hydrogen-bond acceptors (Lipinski definition) is 2. The standard InChI is InChI=1S/C18H6Cl4N2O/c19-9-5-10-11-12(13(9)20)14(21)15(22)17(25)16(11)24-6-7-3-1-2-4-8(7)18(24)23-10/h1-6H. The number of halogens is 4. The molecule has 2 heterocycles. The maximum absolute atomic E-state index is 12.9.